The van der Waals surface area contributed by atoms with Gasteiger partial charge in [0.1, 0.15) is 37.2 Å². The summed E-state index contributed by atoms with van der Waals surface area (Å²) in [5.41, 5.74) is 4.48. The molecule has 0 spiro atoms. The van der Waals surface area contributed by atoms with E-state index < -0.39 is 65.6 Å². The van der Waals surface area contributed by atoms with Crippen LogP contribution in [0.15, 0.2) is 17.1 Å². The average molecular weight is 492 g/mol. The summed E-state index contributed by atoms with van der Waals surface area (Å²) in [6.07, 6.45) is -5.13. The standard InChI is InChI=1S/C14H26N4O11P2/c1-18(2,3)6-7-26-30(22,23)29-31(24,25)27-8-9-11(19)12(20)13(28-9)17-5-4-10(15)16-14(17)21/h4-5,9,11-13,19-20H,6-8H2,1-3H3,(H3-,15,16,21,22,23,24,25)/p+1/t9-,11-,12-,13-/m1/s1/i7+1D2. The molecular formula is C14H27N4O11P2+. The van der Waals surface area contributed by atoms with E-state index in [1.807, 2.05) is 0 Å². The van der Waals surface area contributed by atoms with E-state index >= 15 is 0 Å². The monoisotopic (exact) mass is 492 g/mol. The van der Waals surface area contributed by atoms with E-state index in [0.29, 0.717) is 0 Å². The Bertz CT molecular complexity index is 1000. The number of phosphoric acid groups is 2. The van der Waals surface area contributed by atoms with Crippen LogP contribution in [0.5, 0.6) is 0 Å². The third-order valence-corrected chi connectivity index (χ3v) is 6.28. The van der Waals surface area contributed by atoms with Crippen LogP contribution in [0.2, 0.25) is 0 Å². The molecule has 6 atom stereocenters. The third kappa shape index (κ3) is 7.70. The highest BCUT2D eigenvalue weighted by molar-refractivity contribution is 7.61. The van der Waals surface area contributed by atoms with Crippen LogP contribution in [-0.2, 0) is 27.2 Å². The Morgan fingerprint density at radius 3 is 2.45 bits per heavy atom. The van der Waals surface area contributed by atoms with Gasteiger partial charge in [-0.1, -0.05) is 0 Å². The van der Waals surface area contributed by atoms with Crippen molar-refractivity contribution in [3.05, 3.63) is 22.7 Å². The molecule has 0 aliphatic carbocycles. The maximum Gasteiger partial charge on any atom is 0.481 e. The van der Waals surface area contributed by atoms with Crippen molar-refractivity contribution in [2.45, 2.75) is 24.5 Å². The first-order valence-corrected chi connectivity index (χ1v) is 11.7. The van der Waals surface area contributed by atoms with Crippen LogP contribution in [0, 0.1) is 0 Å². The minimum atomic E-state index is -5.42. The van der Waals surface area contributed by atoms with Gasteiger partial charge in [-0.15, -0.1) is 0 Å². The van der Waals surface area contributed by atoms with Gasteiger partial charge in [-0.2, -0.15) is 9.29 Å². The second-order valence-electron chi connectivity index (χ2n) is 7.59. The van der Waals surface area contributed by atoms with Gasteiger partial charge in [-0.3, -0.25) is 13.6 Å². The zero-order chi connectivity index (χ0) is 25.4. The van der Waals surface area contributed by atoms with Crippen molar-refractivity contribution in [1.29, 1.82) is 0 Å². The zero-order valence-corrected chi connectivity index (χ0v) is 18.6. The van der Waals surface area contributed by atoms with Gasteiger partial charge >= 0.3 is 21.3 Å². The second kappa shape index (κ2) is 9.73. The molecular weight excluding hydrogens is 463 g/mol. The molecule has 178 valence electrons. The normalized spacial score (nSPS) is 29.6. The Morgan fingerprint density at radius 1 is 1.26 bits per heavy atom. The number of likely N-dealkylation sites (N-methyl/N-ethyl adjacent to an activating group) is 1. The van der Waals surface area contributed by atoms with Gasteiger partial charge in [0, 0.05) is 6.20 Å². The van der Waals surface area contributed by atoms with E-state index in [1.54, 1.807) is 21.1 Å². The molecule has 0 aromatic carbocycles. The Hall–Kier alpha value is -1.22. The number of nitrogens with zero attached hydrogens (tertiary/aromatic N) is 3. The molecule has 15 nitrogen and oxygen atoms in total. The molecule has 6 N–H and O–H groups in total. The Kier molecular flexibility index (Phi) is 7.20. The Morgan fingerprint density at radius 2 is 1.87 bits per heavy atom. The molecule has 0 radical (unpaired) electrons. The van der Waals surface area contributed by atoms with E-state index in [1.165, 1.54) is 6.07 Å². The van der Waals surface area contributed by atoms with Crippen LogP contribution >= 0.6 is 15.6 Å². The van der Waals surface area contributed by atoms with Crippen molar-refractivity contribution in [3.63, 3.8) is 0 Å². The van der Waals surface area contributed by atoms with Crippen molar-refractivity contribution < 1.29 is 54.4 Å². The zero-order valence-electron chi connectivity index (χ0n) is 18.8. The average Bonchev–Trinajstić information content (AvgIpc) is 2.84. The lowest BCUT2D eigenvalue weighted by Crippen LogP contribution is -2.37. The summed E-state index contributed by atoms with van der Waals surface area (Å²) in [6.45, 7) is -4.03. The SMILES string of the molecule is [2H][13C]([2H])(C[N+](C)(C)C)OP(=O)(O)OP(=O)(O)OC[C@H]1O[C@@H](n2ccc(N)nc2=O)[C@H](O)[C@@H]1O. The van der Waals surface area contributed by atoms with E-state index in [-0.39, 0.29) is 10.3 Å². The van der Waals surface area contributed by atoms with E-state index in [2.05, 4.69) is 18.3 Å². The van der Waals surface area contributed by atoms with E-state index in [4.69, 9.17) is 13.2 Å². The van der Waals surface area contributed by atoms with Gasteiger partial charge in [0.25, 0.3) is 0 Å². The molecule has 2 heterocycles. The molecule has 31 heavy (non-hydrogen) atoms. The quantitative estimate of drug-likeness (QED) is 0.142. The summed E-state index contributed by atoms with van der Waals surface area (Å²) in [5, 5.41) is 20.3. The lowest BCUT2D eigenvalue weighted by atomic mass is 10.1. The number of nitrogen functional groups attached to an aromatic ring is 1. The molecule has 1 aromatic rings. The molecule has 1 aliphatic heterocycles. The molecule has 17 heteroatoms. The van der Waals surface area contributed by atoms with Crippen molar-refractivity contribution in [1.82, 2.24) is 9.55 Å². The summed E-state index contributed by atoms with van der Waals surface area (Å²) in [7, 11) is -6.03. The number of ether oxygens (including phenoxy) is 1. The van der Waals surface area contributed by atoms with Crippen LogP contribution in [0.3, 0.4) is 0 Å². The lowest BCUT2D eigenvalue weighted by Gasteiger charge is -2.24. The molecule has 0 amide bonds. The van der Waals surface area contributed by atoms with Gasteiger partial charge in [-0.25, -0.2) is 13.9 Å². The molecule has 1 fully saturated rings. The summed E-state index contributed by atoms with van der Waals surface area (Å²) >= 11 is 0. The minimum Gasteiger partial charge on any atom is -0.387 e. The number of quaternary nitrogens is 1. The molecule has 0 saturated carbocycles. The minimum absolute atomic E-state index is 0.00665. The van der Waals surface area contributed by atoms with Gasteiger partial charge in [-0.05, 0) is 6.07 Å². The first-order valence-electron chi connectivity index (χ1n) is 9.70. The fourth-order valence-electron chi connectivity index (χ4n) is 2.36. The first kappa shape index (κ1) is 23.0. The molecule has 1 aliphatic rings. The molecule has 2 rings (SSSR count). The number of anilines is 1. The van der Waals surface area contributed by atoms with E-state index in [9.17, 15) is 33.9 Å². The summed E-state index contributed by atoms with van der Waals surface area (Å²) in [5.74, 6) is -0.0935. The maximum atomic E-state index is 12.1. The van der Waals surface area contributed by atoms with Crippen LogP contribution in [-0.4, -0.2) is 93.2 Å². The van der Waals surface area contributed by atoms with Gasteiger partial charge in [0.2, 0.25) is 0 Å². The van der Waals surface area contributed by atoms with Crippen molar-refractivity contribution in [2.24, 2.45) is 0 Å². The fraction of sp³-hybridized carbons (Fsp3) is 0.714. The third-order valence-electron chi connectivity index (χ3n) is 3.79. The predicted molar refractivity (Wildman–Crippen MR) is 104 cm³/mol. The van der Waals surface area contributed by atoms with Gasteiger partial charge in [0.05, 0.1) is 30.5 Å². The van der Waals surface area contributed by atoms with Gasteiger partial charge < -0.3 is 35.0 Å². The van der Waals surface area contributed by atoms with E-state index in [0.717, 1.165) is 10.8 Å². The molecule has 2 unspecified atom stereocenters. The lowest BCUT2D eigenvalue weighted by molar-refractivity contribution is -0.870. The first-order chi connectivity index (χ1) is 14.8. The van der Waals surface area contributed by atoms with Crippen molar-refractivity contribution in [2.75, 3.05) is 46.6 Å². The van der Waals surface area contributed by atoms with Crippen molar-refractivity contribution in [3.8, 4) is 0 Å². The van der Waals surface area contributed by atoms with Gasteiger partial charge in [0.15, 0.2) is 6.23 Å². The Labute approximate surface area is 180 Å². The highest BCUT2D eigenvalue weighted by Crippen LogP contribution is 2.60. The second-order valence-corrected chi connectivity index (χ2v) is 10.6. The largest absolute Gasteiger partial charge is 0.481 e. The molecule has 1 saturated heterocycles. The smallest absolute Gasteiger partial charge is 0.387 e. The van der Waals surface area contributed by atoms with Crippen molar-refractivity contribution >= 4 is 21.5 Å². The number of aliphatic hydroxyl groups is 2. The summed E-state index contributed by atoms with van der Waals surface area (Å²) < 4.78 is 58.5. The van der Waals surface area contributed by atoms with Crippen LogP contribution in [0.25, 0.3) is 0 Å². The Balaban J connectivity index is 2.02. The predicted octanol–water partition coefficient (Wildman–Crippen LogP) is -1.60. The number of nitrogens with two attached hydrogens (primary N) is 1. The van der Waals surface area contributed by atoms with Crippen LogP contribution < -0.4 is 11.4 Å². The van der Waals surface area contributed by atoms with Crippen LogP contribution in [0.1, 0.15) is 8.97 Å². The highest BCUT2D eigenvalue weighted by Gasteiger charge is 2.46. The number of aromatic nitrogens is 2. The number of rotatable bonds is 10. The molecule has 1 aromatic heterocycles. The number of hydrogen-bond acceptors (Lipinski definition) is 11. The summed E-state index contributed by atoms with van der Waals surface area (Å²) in [6, 6.07) is 1.24. The topological polar surface area (TPSA) is 213 Å². The fourth-order valence-corrected chi connectivity index (χ4v) is 4.28. The number of hydrogen-bond donors (Lipinski definition) is 5. The highest BCUT2D eigenvalue weighted by atomic mass is 31.3. The summed E-state index contributed by atoms with van der Waals surface area (Å²) in [4.78, 5) is 34.8. The maximum absolute atomic E-state index is 12.1. The number of phosphoric ester groups is 2. The van der Waals surface area contributed by atoms with Crippen LogP contribution in [0.4, 0.5) is 5.82 Å². The number of aliphatic hydroxyl groups excluding tert-OH is 2. The molecule has 0 bridgehead atoms.